The standard InChI is InChI=1S/C19H26N4O3/c1-13-16(14(2)22(5)20-13)10-23(18(24)11-21(3)4)9-15-7-6-8-17-19(15)26-12-25-17/h6-8H,9-12H2,1-5H3/p+1. The number of para-hydroxylation sites is 1. The molecule has 7 nitrogen and oxygen atoms in total. The van der Waals surface area contributed by atoms with Gasteiger partial charge in [0.2, 0.25) is 6.79 Å². The number of fused-ring (bicyclic) bond motifs is 1. The van der Waals surface area contributed by atoms with Gasteiger partial charge in [0, 0.05) is 30.4 Å². The van der Waals surface area contributed by atoms with E-state index < -0.39 is 0 Å². The van der Waals surface area contributed by atoms with E-state index in [1.807, 2.05) is 62.8 Å². The number of quaternary nitrogens is 1. The first-order valence-corrected chi connectivity index (χ1v) is 8.80. The van der Waals surface area contributed by atoms with Gasteiger partial charge in [0.1, 0.15) is 0 Å². The molecular formula is C19H27N4O3+. The third kappa shape index (κ3) is 3.67. The van der Waals surface area contributed by atoms with Crippen molar-refractivity contribution in [3.05, 3.63) is 40.7 Å². The first kappa shape index (κ1) is 18.3. The molecule has 7 heteroatoms. The molecule has 0 spiro atoms. The first-order chi connectivity index (χ1) is 12.4. The zero-order valence-electron chi connectivity index (χ0n) is 16.1. The maximum atomic E-state index is 12.9. The lowest BCUT2D eigenvalue weighted by Crippen LogP contribution is -3.07. The Labute approximate surface area is 154 Å². The number of ether oxygens (including phenoxy) is 2. The van der Waals surface area contributed by atoms with Crippen LogP contribution in [0.25, 0.3) is 0 Å². The number of carbonyl (C=O) groups is 1. The van der Waals surface area contributed by atoms with Crippen LogP contribution in [-0.4, -0.2) is 48.0 Å². The van der Waals surface area contributed by atoms with Crippen molar-refractivity contribution in [2.45, 2.75) is 26.9 Å². The maximum Gasteiger partial charge on any atom is 0.278 e. The summed E-state index contributed by atoms with van der Waals surface area (Å²) in [6, 6.07) is 5.81. The lowest BCUT2D eigenvalue weighted by Gasteiger charge is -2.24. The van der Waals surface area contributed by atoms with Crippen LogP contribution in [0, 0.1) is 13.8 Å². The Hall–Kier alpha value is -2.54. The summed E-state index contributed by atoms with van der Waals surface area (Å²) in [6.45, 7) is 5.69. The Kier molecular flexibility index (Phi) is 5.18. The smallest absolute Gasteiger partial charge is 0.278 e. The number of aromatic nitrogens is 2. The molecule has 0 atom stereocenters. The molecule has 2 heterocycles. The summed E-state index contributed by atoms with van der Waals surface area (Å²) < 4.78 is 12.9. The zero-order valence-corrected chi connectivity index (χ0v) is 16.1. The number of benzene rings is 1. The van der Waals surface area contributed by atoms with Crippen LogP contribution in [0.3, 0.4) is 0 Å². The van der Waals surface area contributed by atoms with E-state index in [4.69, 9.17) is 9.47 Å². The van der Waals surface area contributed by atoms with Crippen molar-refractivity contribution in [2.24, 2.45) is 7.05 Å². The highest BCUT2D eigenvalue weighted by Crippen LogP contribution is 2.36. The molecule has 2 aromatic rings. The third-order valence-electron chi connectivity index (χ3n) is 4.70. The lowest BCUT2D eigenvalue weighted by molar-refractivity contribution is -0.849. The number of hydrogen-bond donors (Lipinski definition) is 1. The van der Waals surface area contributed by atoms with Crippen molar-refractivity contribution >= 4 is 5.91 Å². The van der Waals surface area contributed by atoms with Crippen LogP contribution in [0.1, 0.15) is 22.5 Å². The number of nitrogens with one attached hydrogen (secondary N) is 1. The normalized spacial score (nSPS) is 12.7. The number of aryl methyl sites for hydroxylation is 2. The molecular weight excluding hydrogens is 332 g/mol. The van der Waals surface area contributed by atoms with E-state index >= 15 is 0 Å². The fourth-order valence-electron chi connectivity index (χ4n) is 3.20. The fraction of sp³-hybridized carbons (Fsp3) is 0.474. The minimum Gasteiger partial charge on any atom is -0.454 e. The molecule has 26 heavy (non-hydrogen) atoms. The number of likely N-dealkylation sites (N-methyl/N-ethyl adjacent to an activating group) is 1. The predicted octanol–water partition coefficient (Wildman–Crippen LogP) is 0.439. The van der Waals surface area contributed by atoms with Crippen LogP contribution in [0.15, 0.2) is 18.2 Å². The van der Waals surface area contributed by atoms with Gasteiger partial charge in [-0.25, -0.2) is 0 Å². The Morgan fingerprint density at radius 2 is 2.04 bits per heavy atom. The molecule has 140 valence electrons. The summed E-state index contributed by atoms with van der Waals surface area (Å²) in [7, 11) is 5.89. The van der Waals surface area contributed by atoms with Gasteiger partial charge in [-0.05, 0) is 19.9 Å². The Bertz CT molecular complexity index is 813. The summed E-state index contributed by atoms with van der Waals surface area (Å²) in [5.41, 5.74) is 4.09. The Balaban J connectivity index is 1.89. The van der Waals surface area contributed by atoms with Gasteiger partial charge in [0.05, 0.1) is 26.3 Å². The highest BCUT2D eigenvalue weighted by molar-refractivity contribution is 5.77. The average molecular weight is 359 g/mol. The predicted molar refractivity (Wildman–Crippen MR) is 97.2 cm³/mol. The molecule has 1 aromatic heterocycles. The van der Waals surface area contributed by atoms with E-state index in [9.17, 15) is 4.79 Å². The third-order valence-corrected chi connectivity index (χ3v) is 4.70. The summed E-state index contributed by atoms with van der Waals surface area (Å²) in [6.07, 6.45) is 0. The molecule has 1 aliphatic heterocycles. The van der Waals surface area contributed by atoms with Gasteiger partial charge in [-0.2, -0.15) is 5.10 Å². The second-order valence-electron chi connectivity index (χ2n) is 7.06. The van der Waals surface area contributed by atoms with E-state index in [2.05, 4.69) is 5.10 Å². The summed E-state index contributed by atoms with van der Waals surface area (Å²) in [5.74, 6) is 1.58. The van der Waals surface area contributed by atoms with Gasteiger partial charge < -0.3 is 19.3 Å². The average Bonchev–Trinajstić information content (AvgIpc) is 3.14. The molecule has 1 N–H and O–H groups in total. The van der Waals surface area contributed by atoms with Gasteiger partial charge in [0.25, 0.3) is 5.91 Å². The van der Waals surface area contributed by atoms with Crippen molar-refractivity contribution in [1.82, 2.24) is 14.7 Å². The first-order valence-electron chi connectivity index (χ1n) is 8.80. The molecule has 0 bridgehead atoms. The maximum absolute atomic E-state index is 12.9. The molecule has 0 radical (unpaired) electrons. The summed E-state index contributed by atoms with van der Waals surface area (Å²) in [4.78, 5) is 15.9. The molecule has 0 aliphatic carbocycles. The number of amides is 1. The molecule has 1 aliphatic rings. The van der Waals surface area contributed by atoms with E-state index in [1.54, 1.807) is 0 Å². The van der Waals surface area contributed by atoms with Gasteiger partial charge in [-0.15, -0.1) is 0 Å². The van der Waals surface area contributed by atoms with Crippen LogP contribution < -0.4 is 14.4 Å². The van der Waals surface area contributed by atoms with Crippen LogP contribution in [0.2, 0.25) is 0 Å². The van der Waals surface area contributed by atoms with E-state index in [0.29, 0.717) is 19.6 Å². The van der Waals surface area contributed by atoms with Crippen molar-refractivity contribution in [2.75, 3.05) is 27.4 Å². The zero-order chi connectivity index (χ0) is 18.8. The largest absolute Gasteiger partial charge is 0.454 e. The van der Waals surface area contributed by atoms with Gasteiger partial charge in [-0.3, -0.25) is 9.48 Å². The quantitative estimate of drug-likeness (QED) is 0.813. The van der Waals surface area contributed by atoms with Crippen molar-refractivity contribution in [3.8, 4) is 11.5 Å². The lowest BCUT2D eigenvalue weighted by atomic mass is 10.1. The molecule has 1 amide bonds. The Morgan fingerprint density at radius 1 is 1.27 bits per heavy atom. The molecule has 1 aromatic carbocycles. The fourth-order valence-corrected chi connectivity index (χ4v) is 3.20. The van der Waals surface area contributed by atoms with Crippen molar-refractivity contribution in [3.63, 3.8) is 0 Å². The Morgan fingerprint density at radius 3 is 2.69 bits per heavy atom. The van der Waals surface area contributed by atoms with Crippen molar-refractivity contribution in [1.29, 1.82) is 0 Å². The van der Waals surface area contributed by atoms with Crippen LogP contribution in [0.4, 0.5) is 0 Å². The van der Waals surface area contributed by atoms with Gasteiger partial charge >= 0.3 is 0 Å². The summed E-state index contributed by atoms with van der Waals surface area (Å²) in [5, 5.41) is 4.48. The highest BCUT2D eigenvalue weighted by Gasteiger charge is 2.24. The van der Waals surface area contributed by atoms with Gasteiger partial charge in [0.15, 0.2) is 18.0 Å². The second-order valence-corrected chi connectivity index (χ2v) is 7.06. The second kappa shape index (κ2) is 7.37. The number of rotatable bonds is 6. The van der Waals surface area contributed by atoms with E-state index in [-0.39, 0.29) is 12.7 Å². The highest BCUT2D eigenvalue weighted by atomic mass is 16.7. The summed E-state index contributed by atoms with van der Waals surface area (Å²) >= 11 is 0. The molecule has 3 rings (SSSR count). The number of nitrogens with zero attached hydrogens (tertiary/aromatic N) is 3. The molecule has 0 saturated heterocycles. The van der Waals surface area contributed by atoms with E-state index in [1.165, 1.54) is 0 Å². The molecule has 0 fully saturated rings. The molecule has 0 unspecified atom stereocenters. The van der Waals surface area contributed by atoms with Crippen LogP contribution in [-0.2, 0) is 24.9 Å². The van der Waals surface area contributed by atoms with Crippen LogP contribution >= 0.6 is 0 Å². The number of carbonyl (C=O) groups excluding carboxylic acids is 1. The van der Waals surface area contributed by atoms with Crippen LogP contribution in [0.5, 0.6) is 11.5 Å². The SMILES string of the molecule is Cc1nn(C)c(C)c1CN(Cc1cccc2c1OCO2)C(=O)C[NH+](C)C. The minimum absolute atomic E-state index is 0.101. The topological polar surface area (TPSA) is 61.0 Å². The molecule has 0 saturated carbocycles. The monoisotopic (exact) mass is 359 g/mol. The van der Waals surface area contributed by atoms with Crippen molar-refractivity contribution < 1.29 is 19.2 Å². The minimum atomic E-state index is 0.101. The van der Waals surface area contributed by atoms with Gasteiger partial charge in [-0.1, -0.05) is 12.1 Å². The number of hydrogen-bond acceptors (Lipinski definition) is 4. The van der Waals surface area contributed by atoms with E-state index in [0.717, 1.165) is 38.9 Å².